The highest BCUT2D eigenvalue weighted by Crippen LogP contribution is 2.36. The lowest BCUT2D eigenvalue weighted by Gasteiger charge is -2.20. The van der Waals surface area contributed by atoms with Crippen LogP contribution in [0, 0.1) is 0 Å². The maximum absolute atomic E-state index is 13.0. The van der Waals surface area contributed by atoms with Crippen molar-refractivity contribution >= 4 is 57.6 Å². The molecule has 29 heavy (non-hydrogen) atoms. The number of hydrazone groups is 1. The average molecular weight is 442 g/mol. The van der Waals surface area contributed by atoms with Crippen LogP contribution in [0.5, 0.6) is 0 Å². The zero-order chi connectivity index (χ0) is 20.2. The number of nitrogens with zero attached hydrogens (tertiary/aromatic N) is 2. The molecule has 8 heteroatoms. The van der Waals surface area contributed by atoms with Crippen molar-refractivity contribution in [2.45, 2.75) is 24.3 Å². The fourth-order valence-electron chi connectivity index (χ4n) is 3.08. The summed E-state index contributed by atoms with van der Waals surface area (Å²) in [6, 6.07) is 15.6. The highest BCUT2D eigenvalue weighted by molar-refractivity contribution is 8.00. The highest BCUT2D eigenvalue weighted by atomic mass is 32.2. The standard InChI is InChI=1S/C21H19N3O2S3/c1-14(25)22-15-6-8-16(9-7-15)29-13-21(26)24-18(20-5-3-11-28-20)12-17(23-24)19-4-2-10-27-19/h2-11,18H,12-13H2,1H3,(H,22,25)/t18-/m0/s1. The molecule has 0 unspecified atom stereocenters. The first-order valence-corrected chi connectivity index (χ1v) is 11.8. The minimum atomic E-state index is -0.103. The van der Waals surface area contributed by atoms with Crippen molar-refractivity contribution in [3.8, 4) is 0 Å². The first-order chi connectivity index (χ1) is 14.1. The number of anilines is 1. The Hall–Kier alpha value is -2.42. The van der Waals surface area contributed by atoms with Gasteiger partial charge in [-0.3, -0.25) is 9.59 Å². The van der Waals surface area contributed by atoms with Crippen LogP contribution in [0.1, 0.15) is 29.1 Å². The Labute approximate surface area is 181 Å². The Balaban J connectivity index is 1.45. The third-order valence-corrected chi connectivity index (χ3v) is 7.27. The van der Waals surface area contributed by atoms with E-state index in [4.69, 9.17) is 0 Å². The van der Waals surface area contributed by atoms with Gasteiger partial charge in [0.25, 0.3) is 5.91 Å². The van der Waals surface area contributed by atoms with Crippen LogP contribution in [0.15, 0.2) is 69.3 Å². The Bertz CT molecular complexity index is 1010. The van der Waals surface area contributed by atoms with E-state index in [0.29, 0.717) is 5.75 Å². The second-order valence-electron chi connectivity index (χ2n) is 6.49. The zero-order valence-electron chi connectivity index (χ0n) is 15.7. The predicted octanol–water partition coefficient (Wildman–Crippen LogP) is 5.24. The molecule has 0 bridgehead atoms. The van der Waals surface area contributed by atoms with Gasteiger partial charge in [0, 0.05) is 28.8 Å². The number of thiophene rings is 2. The molecule has 4 rings (SSSR count). The molecule has 1 aliphatic heterocycles. The van der Waals surface area contributed by atoms with Gasteiger partial charge in [-0.25, -0.2) is 5.01 Å². The molecular weight excluding hydrogens is 422 g/mol. The molecule has 1 N–H and O–H groups in total. The van der Waals surface area contributed by atoms with E-state index in [0.717, 1.165) is 32.5 Å². The molecule has 0 aliphatic carbocycles. The fourth-order valence-corrected chi connectivity index (χ4v) is 5.37. The van der Waals surface area contributed by atoms with Crippen molar-refractivity contribution in [3.05, 3.63) is 69.0 Å². The molecule has 5 nitrogen and oxygen atoms in total. The highest BCUT2D eigenvalue weighted by Gasteiger charge is 2.33. The average Bonchev–Trinajstić information content (AvgIpc) is 3.47. The number of benzene rings is 1. The molecule has 0 saturated carbocycles. The third kappa shape index (κ3) is 4.77. The number of carbonyl (C=O) groups excluding carboxylic acids is 2. The Morgan fingerprint density at radius 3 is 2.55 bits per heavy atom. The minimum absolute atomic E-state index is 0.00843. The fraction of sp³-hybridized carbons (Fsp3) is 0.190. The lowest BCUT2D eigenvalue weighted by atomic mass is 10.1. The summed E-state index contributed by atoms with van der Waals surface area (Å²) in [4.78, 5) is 27.4. The molecule has 1 aromatic carbocycles. The molecule has 2 amide bonds. The van der Waals surface area contributed by atoms with E-state index in [1.165, 1.54) is 18.7 Å². The van der Waals surface area contributed by atoms with Crippen molar-refractivity contribution < 1.29 is 9.59 Å². The lowest BCUT2D eigenvalue weighted by molar-refractivity contribution is -0.130. The molecule has 0 radical (unpaired) electrons. The molecule has 3 aromatic rings. The Morgan fingerprint density at radius 1 is 1.14 bits per heavy atom. The molecule has 0 saturated heterocycles. The van der Waals surface area contributed by atoms with Crippen LogP contribution in [0.3, 0.4) is 0 Å². The summed E-state index contributed by atoms with van der Waals surface area (Å²) in [6.07, 6.45) is 0.739. The molecule has 2 aromatic heterocycles. The van der Waals surface area contributed by atoms with Gasteiger partial charge in [0.15, 0.2) is 0 Å². The number of amides is 2. The molecule has 1 atom stereocenters. The van der Waals surface area contributed by atoms with E-state index in [2.05, 4.69) is 16.5 Å². The van der Waals surface area contributed by atoms with Crippen molar-refractivity contribution in [1.29, 1.82) is 0 Å². The van der Waals surface area contributed by atoms with Gasteiger partial charge in [0.2, 0.25) is 5.91 Å². The maximum Gasteiger partial charge on any atom is 0.253 e. The van der Waals surface area contributed by atoms with Gasteiger partial charge in [-0.15, -0.1) is 34.4 Å². The first-order valence-electron chi connectivity index (χ1n) is 9.07. The van der Waals surface area contributed by atoms with E-state index in [1.54, 1.807) is 27.7 Å². The van der Waals surface area contributed by atoms with Crippen LogP contribution in [0.25, 0.3) is 0 Å². The normalized spacial score (nSPS) is 16.0. The molecular formula is C21H19N3O2S3. The van der Waals surface area contributed by atoms with Gasteiger partial charge in [0.05, 0.1) is 22.4 Å². The molecule has 0 spiro atoms. The molecule has 1 aliphatic rings. The monoisotopic (exact) mass is 441 g/mol. The van der Waals surface area contributed by atoms with Crippen LogP contribution in [-0.4, -0.2) is 28.3 Å². The van der Waals surface area contributed by atoms with Crippen molar-refractivity contribution in [1.82, 2.24) is 5.01 Å². The summed E-state index contributed by atoms with van der Waals surface area (Å²) in [7, 11) is 0. The summed E-state index contributed by atoms with van der Waals surface area (Å²) < 4.78 is 0. The Morgan fingerprint density at radius 2 is 1.90 bits per heavy atom. The quantitative estimate of drug-likeness (QED) is 0.532. The SMILES string of the molecule is CC(=O)Nc1ccc(SCC(=O)N2N=C(c3cccs3)C[C@H]2c2cccs2)cc1. The van der Waals surface area contributed by atoms with Gasteiger partial charge in [0.1, 0.15) is 0 Å². The summed E-state index contributed by atoms with van der Waals surface area (Å²) in [6.45, 7) is 1.48. The Kier molecular flexibility index (Phi) is 6.13. The molecule has 148 valence electrons. The minimum Gasteiger partial charge on any atom is -0.326 e. The third-order valence-electron chi connectivity index (χ3n) is 4.38. The largest absolute Gasteiger partial charge is 0.326 e. The van der Waals surface area contributed by atoms with Crippen molar-refractivity contribution in [3.63, 3.8) is 0 Å². The number of carbonyl (C=O) groups is 2. The van der Waals surface area contributed by atoms with Gasteiger partial charge >= 0.3 is 0 Å². The number of hydrogen-bond acceptors (Lipinski definition) is 6. The van der Waals surface area contributed by atoms with Gasteiger partial charge in [-0.1, -0.05) is 12.1 Å². The van der Waals surface area contributed by atoms with E-state index in [1.807, 2.05) is 53.2 Å². The van der Waals surface area contributed by atoms with E-state index < -0.39 is 0 Å². The zero-order valence-corrected chi connectivity index (χ0v) is 18.2. The number of nitrogens with one attached hydrogen (secondary N) is 1. The van der Waals surface area contributed by atoms with E-state index in [-0.39, 0.29) is 17.9 Å². The second-order valence-corrected chi connectivity index (χ2v) is 9.47. The smallest absolute Gasteiger partial charge is 0.253 e. The summed E-state index contributed by atoms with van der Waals surface area (Å²) >= 11 is 4.78. The van der Waals surface area contributed by atoms with Crippen molar-refractivity contribution in [2.24, 2.45) is 5.10 Å². The van der Waals surface area contributed by atoms with E-state index in [9.17, 15) is 9.59 Å². The van der Waals surface area contributed by atoms with Crippen LogP contribution < -0.4 is 5.32 Å². The van der Waals surface area contributed by atoms with Crippen LogP contribution in [0.4, 0.5) is 5.69 Å². The topological polar surface area (TPSA) is 61.8 Å². The second kappa shape index (κ2) is 8.94. The van der Waals surface area contributed by atoms with Crippen LogP contribution in [-0.2, 0) is 9.59 Å². The maximum atomic E-state index is 13.0. The van der Waals surface area contributed by atoms with Crippen molar-refractivity contribution in [2.75, 3.05) is 11.1 Å². The predicted molar refractivity (Wildman–Crippen MR) is 121 cm³/mol. The van der Waals surface area contributed by atoms with Crippen LogP contribution >= 0.6 is 34.4 Å². The number of thioether (sulfide) groups is 1. The lowest BCUT2D eigenvalue weighted by Crippen LogP contribution is -2.28. The van der Waals surface area contributed by atoms with Gasteiger partial charge < -0.3 is 5.32 Å². The summed E-state index contributed by atoms with van der Waals surface area (Å²) in [5.74, 6) is 0.197. The summed E-state index contributed by atoms with van der Waals surface area (Å²) in [5, 5.41) is 13.1. The van der Waals surface area contributed by atoms with Crippen LogP contribution in [0.2, 0.25) is 0 Å². The summed E-state index contributed by atoms with van der Waals surface area (Å²) in [5.41, 5.74) is 1.71. The van der Waals surface area contributed by atoms with Gasteiger partial charge in [-0.2, -0.15) is 5.10 Å². The number of rotatable bonds is 6. The van der Waals surface area contributed by atoms with Gasteiger partial charge in [-0.05, 0) is 47.2 Å². The first kappa shape index (κ1) is 19.9. The molecule has 3 heterocycles. The van der Waals surface area contributed by atoms with E-state index >= 15 is 0 Å². The molecule has 0 fully saturated rings. The number of hydrogen-bond donors (Lipinski definition) is 1.